The maximum Gasteiger partial charge on any atom is 0.254 e. The van der Waals surface area contributed by atoms with Gasteiger partial charge in [-0.15, -0.1) is 0 Å². The van der Waals surface area contributed by atoms with Crippen LogP contribution in [0.2, 0.25) is 0 Å². The number of fused-ring (bicyclic) bond motifs is 1. The predicted molar refractivity (Wildman–Crippen MR) is 159 cm³/mol. The number of benzene rings is 3. The fraction of sp³-hybridized carbons (Fsp3) is 0.353. The van der Waals surface area contributed by atoms with Gasteiger partial charge in [0.25, 0.3) is 5.91 Å². The van der Waals surface area contributed by atoms with Gasteiger partial charge < -0.3 is 19.1 Å². The summed E-state index contributed by atoms with van der Waals surface area (Å²) < 4.78 is 7.55. The van der Waals surface area contributed by atoms with Crippen molar-refractivity contribution in [3.8, 4) is 0 Å². The maximum atomic E-state index is 14.0. The van der Waals surface area contributed by atoms with Gasteiger partial charge in [-0.1, -0.05) is 79.9 Å². The Balaban J connectivity index is 1.37. The maximum absolute atomic E-state index is 14.0. The monoisotopic (exact) mass is 537 g/mol. The smallest absolute Gasteiger partial charge is 0.254 e. The Hall–Kier alpha value is -3.90. The molecule has 0 radical (unpaired) electrons. The van der Waals surface area contributed by atoms with E-state index in [1.54, 1.807) is 12.0 Å². The highest BCUT2D eigenvalue weighted by Gasteiger charge is 2.29. The van der Waals surface area contributed by atoms with Crippen molar-refractivity contribution in [2.24, 2.45) is 0 Å². The van der Waals surface area contributed by atoms with Crippen LogP contribution in [0.25, 0.3) is 10.8 Å². The lowest BCUT2D eigenvalue weighted by Gasteiger charge is -2.36. The molecule has 0 unspecified atom stereocenters. The normalized spacial score (nSPS) is 13.8. The van der Waals surface area contributed by atoms with Crippen LogP contribution in [-0.2, 0) is 22.6 Å². The van der Waals surface area contributed by atoms with E-state index in [0.29, 0.717) is 25.3 Å². The minimum Gasteiger partial charge on any atom is -0.383 e. The molecular weight excluding hydrogens is 498 g/mol. The first-order valence-electron chi connectivity index (χ1n) is 14.4. The molecule has 0 saturated heterocycles. The number of rotatable bonds is 11. The molecule has 40 heavy (non-hydrogen) atoms. The number of carbonyl (C=O) groups excluding carboxylic acids is 2. The highest BCUT2D eigenvalue weighted by atomic mass is 16.5. The Labute approximate surface area is 237 Å². The van der Waals surface area contributed by atoms with Crippen LogP contribution >= 0.6 is 0 Å². The molecule has 3 aromatic carbocycles. The summed E-state index contributed by atoms with van der Waals surface area (Å²) in [5.41, 5.74) is 2.91. The van der Waals surface area contributed by atoms with E-state index in [0.717, 1.165) is 48.7 Å². The summed E-state index contributed by atoms with van der Waals surface area (Å²) in [5, 5.41) is 2.09. The summed E-state index contributed by atoms with van der Waals surface area (Å²) in [6, 6.07) is 28.5. The third-order valence-corrected chi connectivity index (χ3v) is 7.96. The molecule has 6 nitrogen and oxygen atoms in total. The van der Waals surface area contributed by atoms with Crippen LogP contribution in [-0.4, -0.2) is 59.0 Å². The van der Waals surface area contributed by atoms with E-state index in [1.165, 1.54) is 12.0 Å². The van der Waals surface area contributed by atoms with Gasteiger partial charge in [0, 0.05) is 43.7 Å². The largest absolute Gasteiger partial charge is 0.383 e. The number of aromatic nitrogens is 1. The minimum absolute atomic E-state index is 0.00963. The zero-order chi connectivity index (χ0) is 27.7. The van der Waals surface area contributed by atoms with E-state index in [-0.39, 0.29) is 24.4 Å². The second kappa shape index (κ2) is 13.4. The van der Waals surface area contributed by atoms with Gasteiger partial charge in [0.15, 0.2) is 0 Å². The summed E-state index contributed by atoms with van der Waals surface area (Å²) in [6.45, 7) is 2.06. The minimum atomic E-state index is -0.146. The van der Waals surface area contributed by atoms with Crippen molar-refractivity contribution in [2.75, 3.05) is 26.8 Å². The molecule has 1 aromatic heterocycles. The van der Waals surface area contributed by atoms with E-state index < -0.39 is 0 Å². The molecule has 1 heterocycles. The molecule has 0 spiro atoms. The molecule has 1 fully saturated rings. The lowest BCUT2D eigenvalue weighted by atomic mass is 9.94. The Kier molecular flexibility index (Phi) is 9.30. The zero-order valence-corrected chi connectivity index (χ0v) is 23.4. The van der Waals surface area contributed by atoms with Crippen molar-refractivity contribution in [3.05, 3.63) is 108 Å². The number of amides is 2. The molecule has 0 aliphatic heterocycles. The molecule has 208 valence electrons. The first-order chi connectivity index (χ1) is 19.6. The Bertz CT molecular complexity index is 1410. The van der Waals surface area contributed by atoms with Crippen molar-refractivity contribution in [1.29, 1.82) is 0 Å². The molecule has 0 N–H and O–H groups in total. The standard InChI is InChI=1S/C34H39N3O3/c1-40-22-21-36(34(39)30-19-18-28-13-8-9-14-29(28)23-30)26-33(38)37(31-15-6-3-7-16-31)25-32-17-10-20-35(32)24-27-11-4-2-5-12-27/h2,4-5,8-14,17-20,23,31H,3,6-7,15-16,21-22,24-26H2,1H3. The summed E-state index contributed by atoms with van der Waals surface area (Å²) in [7, 11) is 1.62. The molecule has 4 aromatic rings. The SMILES string of the molecule is COCCN(CC(=O)N(Cc1cccn1Cc1ccccc1)C1CCCCC1)C(=O)c1ccc2ccccc2c1. The van der Waals surface area contributed by atoms with Crippen LogP contribution in [0.3, 0.4) is 0 Å². The van der Waals surface area contributed by atoms with Crippen LogP contribution in [0.5, 0.6) is 0 Å². The third kappa shape index (κ3) is 6.80. The number of carbonyl (C=O) groups is 2. The zero-order valence-electron chi connectivity index (χ0n) is 23.4. The van der Waals surface area contributed by atoms with E-state index in [2.05, 4.69) is 47.2 Å². The van der Waals surface area contributed by atoms with Crippen molar-refractivity contribution < 1.29 is 14.3 Å². The van der Waals surface area contributed by atoms with Crippen LogP contribution in [0.15, 0.2) is 91.1 Å². The predicted octanol–water partition coefficient (Wildman–Crippen LogP) is 6.14. The average molecular weight is 538 g/mol. The molecule has 6 heteroatoms. The van der Waals surface area contributed by atoms with Gasteiger partial charge >= 0.3 is 0 Å². The molecule has 0 bridgehead atoms. The van der Waals surface area contributed by atoms with Gasteiger partial charge in [-0.2, -0.15) is 0 Å². The Morgan fingerprint density at radius 2 is 1.62 bits per heavy atom. The van der Waals surface area contributed by atoms with Crippen LogP contribution < -0.4 is 0 Å². The van der Waals surface area contributed by atoms with Crippen molar-refractivity contribution in [2.45, 2.75) is 51.2 Å². The van der Waals surface area contributed by atoms with Gasteiger partial charge in [0.2, 0.25) is 5.91 Å². The first-order valence-corrected chi connectivity index (χ1v) is 14.4. The van der Waals surface area contributed by atoms with Crippen LogP contribution in [0, 0.1) is 0 Å². The average Bonchev–Trinajstić information content (AvgIpc) is 3.44. The third-order valence-electron chi connectivity index (χ3n) is 7.96. The van der Waals surface area contributed by atoms with E-state index >= 15 is 0 Å². The molecule has 1 saturated carbocycles. The molecule has 5 rings (SSSR count). The van der Waals surface area contributed by atoms with Gasteiger partial charge in [-0.3, -0.25) is 9.59 Å². The summed E-state index contributed by atoms with van der Waals surface area (Å²) >= 11 is 0. The molecule has 2 amide bonds. The summed E-state index contributed by atoms with van der Waals surface area (Å²) in [6.07, 6.45) is 7.55. The Morgan fingerprint density at radius 3 is 2.40 bits per heavy atom. The number of methoxy groups -OCH3 is 1. The lowest BCUT2D eigenvalue weighted by molar-refractivity contribution is -0.135. The molecule has 1 aliphatic rings. The highest BCUT2D eigenvalue weighted by molar-refractivity contribution is 6.00. The molecule has 0 atom stereocenters. The second-order valence-corrected chi connectivity index (χ2v) is 10.7. The second-order valence-electron chi connectivity index (χ2n) is 10.7. The summed E-state index contributed by atoms with van der Waals surface area (Å²) in [4.78, 5) is 31.4. The fourth-order valence-corrected chi connectivity index (χ4v) is 5.73. The lowest BCUT2D eigenvalue weighted by Crippen LogP contribution is -2.48. The van der Waals surface area contributed by atoms with Crippen molar-refractivity contribution in [3.63, 3.8) is 0 Å². The summed E-state index contributed by atoms with van der Waals surface area (Å²) in [5.74, 6) is -0.156. The fourth-order valence-electron chi connectivity index (χ4n) is 5.73. The van der Waals surface area contributed by atoms with E-state index in [4.69, 9.17) is 4.74 Å². The van der Waals surface area contributed by atoms with Crippen LogP contribution in [0.1, 0.15) is 53.7 Å². The Morgan fingerprint density at radius 1 is 0.875 bits per heavy atom. The van der Waals surface area contributed by atoms with Crippen molar-refractivity contribution >= 4 is 22.6 Å². The van der Waals surface area contributed by atoms with Crippen molar-refractivity contribution in [1.82, 2.24) is 14.4 Å². The topological polar surface area (TPSA) is 54.8 Å². The number of ether oxygens (including phenoxy) is 1. The number of nitrogens with zero attached hydrogens (tertiary/aromatic N) is 3. The van der Waals surface area contributed by atoms with Gasteiger partial charge in [0.05, 0.1) is 13.2 Å². The number of hydrogen-bond acceptors (Lipinski definition) is 3. The van der Waals surface area contributed by atoms with Crippen LogP contribution in [0.4, 0.5) is 0 Å². The van der Waals surface area contributed by atoms with E-state index in [1.807, 2.05) is 53.4 Å². The van der Waals surface area contributed by atoms with Gasteiger partial charge in [-0.25, -0.2) is 0 Å². The first kappa shape index (κ1) is 27.7. The van der Waals surface area contributed by atoms with Gasteiger partial charge in [0.1, 0.15) is 6.54 Å². The van der Waals surface area contributed by atoms with E-state index in [9.17, 15) is 9.59 Å². The quantitative estimate of drug-likeness (QED) is 0.231. The molecule has 1 aliphatic carbocycles. The number of hydrogen-bond donors (Lipinski definition) is 0. The highest BCUT2D eigenvalue weighted by Crippen LogP contribution is 2.25. The van der Waals surface area contributed by atoms with Gasteiger partial charge in [-0.05, 0) is 53.4 Å². The molecular formula is C34H39N3O3.